The Labute approximate surface area is 128 Å². The minimum Gasteiger partial charge on any atom is -0.497 e. The Balaban J connectivity index is 2.12. The molecule has 1 saturated carbocycles. The van der Waals surface area contributed by atoms with Gasteiger partial charge in [0.15, 0.2) is 0 Å². The summed E-state index contributed by atoms with van der Waals surface area (Å²) in [5.74, 6) is 8.21. The second-order valence-electron chi connectivity index (χ2n) is 5.92. The van der Waals surface area contributed by atoms with Crippen molar-refractivity contribution in [1.82, 2.24) is 5.43 Å². The molecule has 1 unspecified atom stereocenters. The molecule has 4 nitrogen and oxygen atoms in total. The Bertz CT molecular complexity index is 429. The van der Waals surface area contributed by atoms with Crippen LogP contribution in [0.4, 0.5) is 0 Å². The number of nitrogens with one attached hydrogen (secondary N) is 1. The molecule has 21 heavy (non-hydrogen) atoms. The van der Waals surface area contributed by atoms with Crippen LogP contribution in [-0.2, 0) is 0 Å². The van der Waals surface area contributed by atoms with Gasteiger partial charge in [0.25, 0.3) is 0 Å². The monoisotopic (exact) mass is 292 g/mol. The molecule has 0 radical (unpaired) electrons. The van der Waals surface area contributed by atoms with Gasteiger partial charge >= 0.3 is 0 Å². The summed E-state index contributed by atoms with van der Waals surface area (Å²) in [5.41, 5.74) is 4.09. The molecular formula is C17H28N2O2. The SMILES string of the molecule is COc1ccc(C(CC2CCCCCC2)NN)c(OC)c1. The van der Waals surface area contributed by atoms with Gasteiger partial charge in [0.05, 0.1) is 14.2 Å². The first-order chi connectivity index (χ1) is 10.3. The average molecular weight is 292 g/mol. The van der Waals surface area contributed by atoms with Crippen molar-refractivity contribution in [3.63, 3.8) is 0 Å². The number of ether oxygens (including phenoxy) is 2. The highest BCUT2D eigenvalue weighted by molar-refractivity contribution is 5.42. The molecule has 118 valence electrons. The lowest BCUT2D eigenvalue weighted by Crippen LogP contribution is -2.30. The van der Waals surface area contributed by atoms with E-state index in [2.05, 4.69) is 11.5 Å². The smallest absolute Gasteiger partial charge is 0.127 e. The van der Waals surface area contributed by atoms with Crippen LogP contribution >= 0.6 is 0 Å². The van der Waals surface area contributed by atoms with E-state index < -0.39 is 0 Å². The zero-order chi connectivity index (χ0) is 15.1. The number of nitrogens with two attached hydrogens (primary N) is 1. The van der Waals surface area contributed by atoms with Crippen LogP contribution in [0.15, 0.2) is 18.2 Å². The second-order valence-corrected chi connectivity index (χ2v) is 5.92. The molecule has 1 fully saturated rings. The molecule has 1 atom stereocenters. The Morgan fingerprint density at radius 2 is 1.86 bits per heavy atom. The fourth-order valence-electron chi connectivity index (χ4n) is 3.32. The topological polar surface area (TPSA) is 56.5 Å². The number of hydrogen-bond donors (Lipinski definition) is 2. The molecule has 0 spiro atoms. The van der Waals surface area contributed by atoms with Gasteiger partial charge in [0.1, 0.15) is 11.5 Å². The van der Waals surface area contributed by atoms with Crippen molar-refractivity contribution in [2.24, 2.45) is 11.8 Å². The molecule has 0 aliphatic heterocycles. The maximum absolute atomic E-state index is 5.82. The van der Waals surface area contributed by atoms with Crippen LogP contribution in [0.1, 0.15) is 56.6 Å². The van der Waals surface area contributed by atoms with Crippen LogP contribution in [0, 0.1) is 5.92 Å². The van der Waals surface area contributed by atoms with Gasteiger partial charge in [-0.1, -0.05) is 44.6 Å². The molecule has 0 aromatic heterocycles. The largest absolute Gasteiger partial charge is 0.497 e. The van der Waals surface area contributed by atoms with Crippen molar-refractivity contribution in [3.8, 4) is 11.5 Å². The van der Waals surface area contributed by atoms with Crippen molar-refractivity contribution < 1.29 is 9.47 Å². The lowest BCUT2D eigenvalue weighted by atomic mass is 9.89. The first-order valence-corrected chi connectivity index (χ1v) is 7.96. The predicted molar refractivity (Wildman–Crippen MR) is 85.4 cm³/mol. The number of rotatable bonds is 6. The molecule has 3 N–H and O–H groups in total. The summed E-state index contributed by atoms with van der Waals surface area (Å²) in [6.07, 6.45) is 9.15. The minimum atomic E-state index is 0.133. The molecule has 1 aromatic rings. The highest BCUT2D eigenvalue weighted by atomic mass is 16.5. The second kappa shape index (κ2) is 8.25. The molecule has 0 saturated heterocycles. The van der Waals surface area contributed by atoms with E-state index in [1.807, 2.05) is 12.1 Å². The summed E-state index contributed by atoms with van der Waals surface area (Å²) in [7, 11) is 3.36. The lowest BCUT2D eigenvalue weighted by Gasteiger charge is -2.24. The van der Waals surface area contributed by atoms with Crippen molar-refractivity contribution >= 4 is 0 Å². The van der Waals surface area contributed by atoms with E-state index in [1.165, 1.54) is 38.5 Å². The number of methoxy groups -OCH3 is 2. The molecule has 0 bridgehead atoms. The normalized spacial score (nSPS) is 18.0. The maximum Gasteiger partial charge on any atom is 0.127 e. The lowest BCUT2D eigenvalue weighted by molar-refractivity contribution is 0.343. The Hall–Kier alpha value is -1.26. The van der Waals surface area contributed by atoms with E-state index >= 15 is 0 Å². The van der Waals surface area contributed by atoms with Crippen LogP contribution in [0.25, 0.3) is 0 Å². The molecular weight excluding hydrogens is 264 g/mol. The summed E-state index contributed by atoms with van der Waals surface area (Å²) >= 11 is 0. The van der Waals surface area contributed by atoms with E-state index in [0.29, 0.717) is 0 Å². The number of benzene rings is 1. The molecule has 4 heteroatoms. The van der Waals surface area contributed by atoms with Gasteiger partial charge in [-0.3, -0.25) is 11.3 Å². The third-order valence-corrected chi connectivity index (χ3v) is 4.56. The van der Waals surface area contributed by atoms with Gasteiger partial charge in [-0.05, 0) is 18.4 Å². The first-order valence-electron chi connectivity index (χ1n) is 7.96. The fraction of sp³-hybridized carbons (Fsp3) is 0.647. The van der Waals surface area contributed by atoms with Gasteiger partial charge in [-0.25, -0.2) is 0 Å². The summed E-state index contributed by atoms with van der Waals surface area (Å²) in [6.45, 7) is 0. The van der Waals surface area contributed by atoms with Crippen LogP contribution in [0.2, 0.25) is 0 Å². The van der Waals surface area contributed by atoms with Gasteiger partial charge in [-0.2, -0.15) is 0 Å². The Kier molecular flexibility index (Phi) is 6.33. The van der Waals surface area contributed by atoms with Crippen molar-refractivity contribution in [3.05, 3.63) is 23.8 Å². The van der Waals surface area contributed by atoms with E-state index in [-0.39, 0.29) is 6.04 Å². The summed E-state index contributed by atoms with van der Waals surface area (Å²) in [5, 5.41) is 0. The minimum absolute atomic E-state index is 0.133. The van der Waals surface area contributed by atoms with Crippen molar-refractivity contribution in [1.29, 1.82) is 0 Å². The fourth-order valence-corrected chi connectivity index (χ4v) is 3.32. The first kappa shape index (κ1) is 16.1. The van der Waals surface area contributed by atoms with Crippen molar-refractivity contribution in [2.75, 3.05) is 14.2 Å². The van der Waals surface area contributed by atoms with Crippen LogP contribution in [-0.4, -0.2) is 14.2 Å². The molecule has 0 amide bonds. The summed E-state index contributed by atoms with van der Waals surface area (Å²) in [4.78, 5) is 0. The molecule has 1 aliphatic rings. The van der Waals surface area contributed by atoms with E-state index in [0.717, 1.165) is 29.4 Å². The summed E-state index contributed by atoms with van der Waals surface area (Å²) < 4.78 is 10.8. The standard InChI is InChI=1S/C17H28N2O2/c1-20-14-9-10-15(17(12-14)21-2)16(19-18)11-13-7-5-3-4-6-8-13/h9-10,12-13,16,19H,3-8,11,18H2,1-2H3. The molecule has 0 heterocycles. The maximum atomic E-state index is 5.82. The highest BCUT2D eigenvalue weighted by Crippen LogP contribution is 2.35. The van der Waals surface area contributed by atoms with Gasteiger partial charge in [0.2, 0.25) is 0 Å². The summed E-state index contributed by atoms with van der Waals surface area (Å²) in [6, 6.07) is 6.08. The Morgan fingerprint density at radius 3 is 2.43 bits per heavy atom. The van der Waals surface area contributed by atoms with Gasteiger partial charge in [-0.15, -0.1) is 0 Å². The van der Waals surface area contributed by atoms with Crippen LogP contribution in [0.5, 0.6) is 11.5 Å². The molecule has 1 aliphatic carbocycles. The van der Waals surface area contributed by atoms with E-state index in [9.17, 15) is 0 Å². The predicted octanol–water partition coefficient (Wildman–Crippen LogP) is 3.57. The number of hydrazine groups is 1. The Morgan fingerprint density at radius 1 is 1.14 bits per heavy atom. The van der Waals surface area contributed by atoms with Gasteiger partial charge < -0.3 is 9.47 Å². The molecule has 1 aromatic carbocycles. The van der Waals surface area contributed by atoms with Crippen LogP contribution in [0.3, 0.4) is 0 Å². The highest BCUT2D eigenvalue weighted by Gasteiger charge is 2.21. The van der Waals surface area contributed by atoms with E-state index in [4.69, 9.17) is 15.3 Å². The quantitative estimate of drug-likeness (QED) is 0.478. The van der Waals surface area contributed by atoms with Crippen LogP contribution < -0.4 is 20.7 Å². The molecule has 2 rings (SSSR count). The van der Waals surface area contributed by atoms with E-state index in [1.54, 1.807) is 14.2 Å². The zero-order valence-electron chi connectivity index (χ0n) is 13.2. The average Bonchev–Trinajstić information content (AvgIpc) is 2.80. The zero-order valence-corrected chi connectivity index (χ0v) is 13.2. The van der Waals surface area contributed by atoms with Gasteiger partial charge in [0, 0.05) is 17.7 Å². The third kappa shape index (κ3) is 4.35. The number of hydrogen-bond acceptors (Lipinski definition) is 4. The third-order valence-electron chi connectivity index (χ3n) is 4.56. The van der Waals surface area contributed by atoms with Crippen molar-refractivity contribution in [2.45, 2.75) is 51.0 Å².